The van der Waals surface area contributed by atoms with Crippen LogP contribution in [0.4, 0.5) is 0 Å². The number of carbonyl (C=O) groups excluding carboxylic acids is 2. The van der Waals surface area contributed by atoms with Crippen LogP contribution in [0.3, 0.4) is 0 Å². The Kier molecular flexibility index (Phi) is 18.0. The van der Waals surface area contributed by atoms with Crippen molar-refractivity contribution in [1.82, 2.24) is 0 Å². The molecule has 0 aromatic heterocycles. The average Bonchev–Trinajstić information content (AvgIpc) is 2.73. The van der Waals surface area contributed by atoms with E-state index in [0.717, 1.165) is 19.3 Å². The first-order valence-corrected chi connectivity index (χ1v) is 12.3. The number of carbonyl (C=O) groups is 2. The van der Waals surface area contributed by atoms with Crippen LogP contribution in [0.1, 0.15) is 78.1 Å². The summed E-state index contributed by atoms with van der Waals surface area (Å²) in [6.45, 7) is 2.70. The van der Waals surface area contributed by atoms with E-state index in [1.165, 1.54) is 32.1 Å². The molecule has 0 unspecified atom stereocenters. The number of phosphoric acid groups is 1. The maximum Gasteiger partial charge on any atom is 0.469 e. The number of phosphoric ester groups is 1. The van der Waals surface area contributed by atoms with Crippen molar-refractivity contribution in [2.75, 3.05) is 13.2 Å². The summed E-state index contributed by atoms with van der Waals surface area (Å²) in [4.78, 5) is 41.3. The fourth-order valence-corrected chi connectivity index (χ4v) is 2.89. The lowest BCUT2D eigenvalue weighted by Gasteiger charge is -2.17. The Morgan fingerprint density at radius 3 is 2.06 bits per heavy atom. The van der Waals surface area contributed by atoms with Crippen LogP contribution >= 0.6 is 7.82 Å². The lowest BCUT2D eigenvalue weighted by atomic mass is 10.1. The van der Waals surface area contributed by atoms with Crippen molar-refractivity contribution in [2.24, 2.45) is 0 Å². The zero-order valence-corrected chi connectivity index (χ0v) is 19.7. The molecule has 0 aliphatic rings. The summed E-state index contributed by atoms with van der Waals surface area (Å²) >= 11 is 0. The van der Waals surface area contributed by atoms with Crippen molar-refractivity contribution < 1.29 is 37.9 Å². The molecule has 0 spiro atoms. The number of esters is 2. The smallest absolute Gasteiger partial charge is 0.456 e. The first-order chi connectivity index (χ1) is 15.3. The number of rotatable bonds is 16. The van der Waals surface area contributed by atoms with Gasteiger partial charge in [0, 0.05) is 12.3 Å². The summed E-state index contributed by atoms with van der Waals surface area (Å²) < 4.78 is 25.3. The van der Waals surface area contributed by atoms with Crippen molar-refractivity contribution >= 4 is 19.8 Å². The fourth-order valence-electron chi connectivity index (χ4n) is 2.53. The van der Waals surface area contributed by atoms with Crippen LogP contribution in [-0.4, -0.2) is 41.0 Å². The third kappa shape index (κ3) is 21.0. The molecule has 0 rings (SSSR count). The highest BCUT2D eigenvalue weighted by Gasteiger charge is 2.22. The first kappa shape index (κ1) is 29.7. The zero-order chi connectivity index (χ0) is 24.1. The maximum atomic E-state index is 12.0. The molecule has 32 heavy (non-hydrogen) atoms. The largest absolute Gasteiger partial charge is 0.469 e. The standard InChI is InChI=1S/C23H33O8P/c1-3-5-7-9-10-11-12-14-16-18-23(25)31-21(20-30-32(26,27)28)19-29-22(24)17-15-13-8-6-4-2/h21H,3,5,7,9-12,14,16,18-20H2,1-2H3,(H2,26,27,28)/t21-/m0/s1. The Hall–Kier alpha value is -2.27. The number of hydrogen-bond donors (Lipinski definition) is 2. The molecule has 0 amide bonds. The van der Waals surface area contributed by atoms with E-state index in [1.807, 2.05) is 0 Å². The van der Waals surface area contributed by atoms with E-state index < -0.39 is 39.1 Å². The Morgan fingerprint density at radius 2 is 1.47 bits per heavy atom. The molecule has 1 atom stereocenters. The molecule has 0 heterocycles. The molecule has 0 aliphatic carbocycles. The van der Waals surface area contributed by atoms with Gasteiger partial charge in [0.2, 0.25) is 0 Å². The van der Waals surface area contributed by atoms with Crippen LogP contribution in [0.5, 0.6) is 0 Å². The van der Waals surface area contributed by atoms with Crippen LogP contribution in [0.2, 0.25) is 0 Å². The number of hydrogen-bond acceptors (Lipinski definition) is 6. The summed E-state index contributed by atoms with van der Waals surface area (Å²) in [5, 5.41) is 0. The van der Waals surface area contributed by atoms with Crippen molar-refractivity contribution in [3.63, 3.8) is 0 Å². The molecule has 9 heteroatoms. The first-order valence-electron chi connectivity index (χ1n) is 10.8. The van der Waals surface area contributed by atoms with Crippen LogP contribution < -0.4 is 0 Å². The van der Waals surface area contributed by atoms with Crippen molar-refractivity contribution in [1.29, 1.82) is 0 Å². The van der Waals surface area contributed by atoms with Crippen molar-refractivity contribution in [3.05, 3.63) is 0 Å². The van der Waals surface area contributed by atoms with Crippen molar-refractivity contribution in [2.45, 2.75) is 84.2 Å². The minimum Gasteiger partial charge on any atom is -0.456 e. The van der Waals surface area contributed by atoms with Gasteiger partial charge in [-0.3, -0.25) is 9.32 Å². The highest BCUT2D eigenvalue weighted by atomic mass is 31.2. The average molecular weight is 468 g/mol. The SMILES string of the molecule is CC#CC#CC#CC(=O)OC[C@@H](COP(=O)(O)O)OC(=O)CCCCCCCCCCC. The fraction of sp³-hybridized carbons (Fsp3) is 0.652. The second-order valence-corrected chi connectivity index (χ2v) is 8.19. The van der Waals surface area contributed by atoms with Gasteiger partial charge in [-0.25, -0.2) is 9.36 Å². The molecule has 2 N–H and O–H groups in total. The van der Waals surface area contributed by atoms with Crippen LogP contribution in [0.25, 0.3) is 0 Å². The van der Waals surface area contributed by atoms with E-state index in [-0.39, 0.29) is 6.42 Å². The van der Waals surface area contributed by atoms with E-state index in [2.05, 4.69) is 47.0 Å². The van der Waals surface area contributed by atoms with E-state index in [0.29, 0.717) is 6.42 Å². The van der Waals surface area contributed by atoms with E-state index in [9.17, 15) is 14.2 Å². The number of ether oxygens (including phenoxy) is 2. The van der Waals surface area contributed by atoms with Gasteiger partial charge in [0.15, 0.2) is 6.10 Å². The van der Waals surface area contributed by atoms with Gasteiger partial charge in [0.05, 0.1) is 6.61 Å². The lowest BCUT2D eigenvalue weighted by Crippen LogP contribution is -2.29. The molecule has 0 saturated carbocycles. The van der Waals surface area contributed by atoms with Gasteiger partial charge >= 0.3 is 19.8 Å². The van der Waals surface area contributed by atoms with Gasteiger partial charge in [-0.15, -0.1) is 0 Å². The second-order valence-electron chi connectivity index (χ2n) is 6.95. The van der Waals surface area contributed by atoms with Gasteiger partial charge in [-0.1, -0.05) is 64.2 Å². The molecule has 178 valence electrons. The third-order valence-electron chi connectivity index (χ3n) is 4.09. The highest BCUT2D eigenvalue weighted by Crippen LogP contribution is 2.35. The summed E-state index contributed by atoms with van der Waals surface area (Å²) in [6.07, 6.45) is 8.86. The summed E-state index contributed by atoms with van der Waals surface area (Å²) in [7, 11) is -4.77. The predicted molar refractivity (Wildman–Crippen MR) is 120 cm³/mol. The van der Waals surface area contributed by atoms with E-state index in [4.69, 9.17) is 19.3 Å². The van der Waals surface area contributed by atoms with Gasteiger partial charge in [0.25, 0.3) is 0 Å². The van der Waals surface area contributed by atoms with E-state index in [1.54, 1.807) is 6.92 Å². The maximum absolute atomic E-state index is 12.0. The predicted octanol–water partition coefficient (Wildman–Crippen LogP) is 3.50. The molecule has 0 fully saturated rings. The summed E-state index contributed by atoms with van der Waals surface area (Å²) in [5.74, 6) is 12.6. The molecule has 0 saturated heterocycles. The Balaban J connectivity index is 4.36. The van der Waals surface area contributed by atoms with Gasteiger partial charge in [0.1, 0.15) is 6.61 Å². The second kappa shape index (κ2) is 19.4. The minimum absolute atomic E-state index is 0.157. The van der Waals surface area contributed by atoms with Gasteiger partial charge in [-0.2, -0.15) is 0 Å². The lowest BCUT2D eigenvalue weighted by molar-refractivity contribution is -0.158. The van der Waals surface area contributed by atoms with Crippen LogP contribution in [-0.2, 0) is 28.2 Å². The Morgan fingerprint density at radius 1 is 0.875 bits per heavy atom. The molecule has 0 aliphatic heterocycles. The topological polar surface area (TPSA) is 119 Å². The molecular formula is C23H33O8P. The summed E-state index contributed by atoms with van der Waals surface area (Å²) in [5.41, 5.74) is 0. The van der Waals surface area contributed by atoms with Gasteiger partial charge < -0.3 is 19.3 Å². The third-order valence-corrected chi connectivity index (χ3v) is 4.57. The summed E-state index contributed by atoms with van der Waals surface area (Å²) in [6, 6.07) is 0. The van der Waals surface area contributed by atoms with E-state index >= 15 is 0 Å². The molecular weight excluding hydrogens is 435 g/mol. The molecule has 0 bridgehead atoms. The highest BCUT2D eigenvalue weighted by molar-refractivity contribution is 7.46. The van der Waals surface area contributed by atoms with Crippen LogP contribution in [0, 0.1) is 35.5 Å². The monoisotopic (exact) mass is 468 g/mol. The quantitative estimate of drug-likeness (QED) is 0.116. The Bertz CT molecular complexity index is 782. The Labute approximate surface area is 191 Å². The molecule has 8 nitrogen and oxygen atoms in total. The molecule has 0 aromatic carbocycles. The number of unbranched alkanes of at least 4 members (excludes halogenated alkanes) is 8. The van der Waals surface area contributed by atoms with Crippen LogP contribution in [0.15, 0.2) is 0 Å². The normalized spacial score (nSPS) is 11.0. The minimum atomic E-state index is -4.77. The van der Waals surface area contributed by atoms with Crippen molar-refractivity contribution in [3.8, 4) is 35.5 Å². The molecule has 0 radical (unpaired) electrons. The zero-order valence-electron chi connectivity index (χ0n) is 18.9. The van der Waals surface area contributed by atoms with Gasteiger partial charge in [-0.05, 0) is 37.0 Å². The molecule has 0 aromatic rings.